The Labute approximate surface area is 196 Å². The van der Waals surface area contributed by atoms with Gasteiger partial charge in [-0.05, 0) is 36.8 Å². The topological polar surface area (TPSA) is 103 Å². The number of halogens is 1. The summed E-state index contributed by atoms with van der Waals surface area (Å²) in [6.45, 7) is 2.52. The molecule has 4 rings (SSSR count). The molecule has 1 aliphatic rings. The first kappa shape index (κ1) is 24.6. The van der Waals surface area contributed by atoms with Crippen molar-refractivity contribution in [3.05, 3.63) is 59.1 Å². The molecule has 0 bridgehead atoms. The van der Waals surface area contributed by atoms with Crippen molar-refractivity contribution in [2.24, 2.45) is 0 Å². The molecule has 0 amide bonds. The molecule has 1 aliphatic heterocycles. The fourth-order valence-corrected chi connectivity index (χ4v) is 4.76. The zero-order valence-corrected chi connectivity index (χ0v) is 19.0. The van der Waals surface area contributed by atoms with Gasteiger partial charge in [0.2, 0.25) is 11.8 Å². The lowest BCUT2D eigenvalue weighted by molar-refractivity contribution is -0.665. The van der Waals surface area contributed by atoms with Gasteiger partial charge in [-0.2, -0.15) is 4.57 Å². The number of aryl methyl sites for hydroxylation is 1. The summed E-state index contributed by atoms with van der Waals surface area (Å²) >= 11 is 1.74. The molecule has 7 nitrogen and oxygen atoms in total. The zero-order valence-electron chi connectivity index (χ0n) is 17.4. The van der Waals surface area contributed by atoms with Crippen LogP contribution in [0, 0.1) is 0 Å². The molecule has 5 atom stereocenters. The van der Waals surface area contributed by atoms with E-state index >= 15 is 0 Å². The molecule has 0 radical (unpaired) electrons. The molecule has 1 saturated heterocycles. The Kier molecular flexibility index (Phi) is 8.24. The van der Waals surface area contributed by atoms with Gasteiger partial charge in [0.25, 0.3) is 5.01 Å². The summed E-state index contributed by atoms with van der Waals surface area (Å²) in [5.41, 5.74) is 2.19. The maximum absolute atomic E-state index is 10.1. The number of hydrogen-bond donors (Lipinski definition) is 4. The maximum Gasteiger partial charge on any atom is 0.262 e. The van der Waals surface area contributed by atoms with Crippen LogP contribution in [0.5, 0.6) is 5.75 Å². The van der Waals surface area contributed by atoms with Crippen LogP contribution in [0.3, 0.4) is 0 Å². The van der Waals surface area contributed by atoms with Crippen molar-refractivity contribution in [1.82, 2.24) is 0 Å². The highest BCUT2D eigenvalue weighted by Crippen LogP contribution is 2.25. The fourth-order valence-electron chi connectivity index (χ4n) is 3.63. The second-order valence-corrected chi connectivity index (χ2v) is 8.43. The molecular weight excluding hydrogens is 454 g/mol. The fraction of sp³-hybridized carbons (Fsp3) is 0.348. The summed E-state index contributed by atoms with van der Waals surface area (Å²) in [7, 11) is 0. The second-order valence-electron chi connectivity index (χ2n) is 7.37. The van der Waals surface area contributed by atoms with Gasteiger partial charge in [0.1, 0.15) is 41.4 Å². The summed E-state index contributed by atoms with van der Waals surface area (Å²) in [4.78, 5) is 0. The van der Waals surface area contributed by atoms with Crippen molar-refractivity contribution < 1.29 is 46.9 Å². The number of fused-ring (bicyclic) bond motifs is 1. The zero-order chi connectivity index (χ0) is 22.0. The summed E-state index contributed by atoms with van der Waals surface area (Å²) < 4.78 is 14.5. The normalized spacial score (nSPS) is 25.7. The van der Waals surface area contributed by atoms with E-state index in [0.717, 1.165) is 17.1 Å². The largest absolute Gasteiger partial charge is 1.00 e. The molecule has 32 heavy (non-hydrogen) atoms. The molecule has 9 heteroatoms. The van der Waals surface area contributed by atoms with E-state index in [2.05, 4.69) is 29.7 Å². The van der Waals surface area contributed by atoms with E-state index in [1.807, 2.05) is 30.3 Å². The van der Waals surface area contributed by atoms with E-state index in [9.17, 15) is 20.4 Å². The lowest BCUT2D eigenvalue weighted by Gasteiger charge is -2.39. The van der Waals surface area contributed by atoms with Crippen LogP contribution in [0.15, 0.2) is 48.5 Å². The third-order valence-corrected chi connectivity index (χ3v) is 6.48. The minimum atomic E-state index is -1.47. The molecule has 0 aliphatic carbocycles. The summed E-state index contributed by atoms with van der Waals surface area (Å²) in [5.74, 6) is 0.437. The van der Waals surface area contributed by atoms with E-state index in [-0.39, 0.29) is 12.4 Å². The van der Waals surface area contributed by atoms with Gasteiger partial charge < -0.3 is 42.3 Å². The first-order valence-corrected chi connectivity index (χ1v) is 11.0. The molecule has 1 fully saturated rings. The molecule has 0 spiro atoms. The average molecular weight is 480 g/mol. The number of para-hydroxylation sites is 1. The highest BCUT2D eigenvalue weighted by atomic mass is 35.5. The Bertz CT molecular complexity index is 1050. The number of nitrogens with zero attached hydrogens (tertiary/aromatic N) is 1. The molecular formula is C23H26ClNO6S. The van der Waals surface area contributed by atoms with Crippen molar-refractivity contribution in [3.63, 3.8) is 0 Å². The Hall–Kier alpha value is -2.04. The van der Waals surface area contributed by atoms with E-state index in [1.165, 1.54) is 10.2 Å². The smallest absolute Gasteiger partial charge is 0.262 e. The number of aromatic nitrogens is 1. The van der Waals surface area contributed by atoms with Crippen LogP contribution in [-0.2, 0) is 11.3 Å². The second kappa shape index (κ2) is 10.7. The van der Waals surface area contributed by atoms with E-state index < -0.39 is 37.3 Å². The number of ether oxygens (including phenoxy) is 2. The van der Waals surface area contributed by atoms with Crippen molar-refractivity contribution in [3.8, 4) is 5.75 Å². The van der Waals surface area contributed by atoms with Gasteiger partial charge in [0.15, 0.2) is 0 Å². The van der Waals surface area contributed by atoms with Gasteiger partial charge in [0.05, 0.1) is 6.61 Å². The number of thiazole rings is 1. The van der Waals surface area contributed by atoms with Gasteiger partial charge >= 0.3 is 0 Å². The summed E-state index contributed by atoms with van der Waals surface area (Å²) in [6.07, 6.45) is -2.40. The summed E-state index contributed by atoms with van der Waals surface area (Å²) in [6, 6.07) is 15.6. The van der Waals surface area contributed by atoms with Crippen LogP contribution in [-0.4, -0.2) is 57.7 Å². The Morgan fingerprint density at radius 1 is 1.00 bits per heavy atom. The minimum absolute atomic E-state index is 0. The van der Waals surface area contributed by atoms with Gasteiger partial charge in [-0.15, -0.1) is 0 Å². The van der Waals surface area contributed by atoms with Crippen molar-refractivity contribution in [2.75, 3.05) is 6.61 Å². The predicted octanol–water partition coefficient (Wildman–Crippen LogP) is -1.44. The van der Waals surface area contributed by atoms with Crippen molar-refractivity contribution in [2.45, 2.75) is 44.2 Å². The Morgan fingerprint density at radius 2 is 1.72 bits per heavy atom. The summed E-state index contributed by atoms with van der Waals surface area (Å²) in [5, 5.41) is 40.3. The van der Waals surface area contributed by atoms with Crippen molar-refractivity contribution in [1.29, 1.82) is 0 Å². The van der Waals surface area contributed by atoms with Crippen LogP contribution in [0.4, 0.5) is 0 Å². The van der Waals surface area contributed by atoms with E-state index in [1.54, 1.807) is 23.5 Å². The lowest BCUT2D eigenvalue weighted by Crippen LogP contribution is -3.00. The highest BCUT2D eigenvalue weighted by Gasteiger charge is 2.44. The van der Waals surface area contributed by atoms with Crippen LogP contribution >= 0.6 is 11.3 Å². The van der Waals surface area contributed by atoms with Crippen LogP contribution in [0.2, 0.25) is 0 Å². The third kappa shape index (κ3) is 4.97. The van der Waals surface area contributed by atoms with E-state index in [0.29, 0.717) is 5.75 Å². The number of hydrogen-bond acceptors (Lipinski definition) is 7. The Balaban J connectivity index is 0.00000289. The van der Waals surface area contributed by atoms with Crippen LogP contribution in [0.1, 0.15) is 17.5 Å². The first-order valence-electron chi connectivity index (χ1n) is 10.2. The molecule has 1 aromatic heterocycles. The highest BCUT2D eigenvalue weighted by molar-refractivity contribution is 7.18. The van der Waals surface area contributed by atoms with Crippen molar-refractivity contribution >= 4 is 33.7 Å². The molecule has 0 saturated carbocycles. The standard InChI is InChI=1S/C23H26NO6S.ClH/c1-2-24-16-5-3-4-6-18(16)31-19(24)12-9-14-7-10-15(11-8-14)29-23-22(28)21(27)20(26)17(13-25)30-23;/h3-12,17,20-23,25-28H,2,13H2,1H3;1H/q+1;/p-1/t17-,20+,21+,22-,23-;/m1./s1. The SMILES string of the molecule is CC[n+]1c(C=Cc2ccc(O[C@@H]3O[C@H](CO)[C@H](O)[C@H](O)[C@H]3O)cc2)sc2ccccc21.[Cl-]. The van der Waals surface area contributed by atoms with Gasteiger partial charge in [-0.25, -0.2) is 0 Å². The molecule has 2 heterocycles. The molecule has 3 aromatic rings. The lowest BCUT2D eigenvalue weighted by atomic mass is 9.99. The number of rotatable bonds is 6. The van der Waals surface area contributed by atoms with Crippen LogP contribution in [0.25, 0.3) is 22.4 Å². The van der Waals surface area contributed by atoms with Gasteiger partial charge in [0, 0.05) is 12.1 Å². The molecule has 0 unspecified atom stereocenters. The van der Waals surface area contributed by atoms with Gasteiger partial charge in [-0.1, -0.05) is 35.6 Å². The quantitative estimate of drug-likeness (QED) is 0.323. The monoisotopic (exact) mass is 479 g/mol. The number of benzene rings is 2. The first-order chi connectivity index (χ1) is 15.0. The average Bonchev–Trinajstić information content (AvgIpc) is 3.16. The predicted molar refractivity (Wildman–Crippen MR) is 117 cm³/mol. The van der Waals surface area contributed by atoms with E-state index in [4.69, 9.17) is 9.47 Å². The minimum Gasteiger partial charge on any atom is -1.00 e. The third-order valence-electron chi connectivity index (χ3n) is 5.35. The van der Waals surface area contributed by atoms with Crippen LogP contribution < -0.4 is 21.7 Å². The number of aliphatic hydroxyl groups is 4. The van der Waals surface area contributed by atoms with Gasteiger partial charge in [-0.3, -0.25) is 0 Å². The number of aliphatic hydroxyl groups excluding tert-OH is 4. The molecule has 4 N–H and O–H groups in total. The Morgan fingerprint density at radius 3 is 2.41 bits per heavy atom. The molecule has 172 valence electrons. The maximum atomic E-state index is 10.1. The molecule has 2 aromatic carbocycles.